The van der Waals surface area contributed by atoms with Crippen LogP contribution in [0.1, 0.15) is 18.7 Å². The summed E-state index contributed by atoms with van der Waals surface area (Å²) < 4.78 is 2.46. The van der Waals surface area contributed by atoms with Gasteiger partial charge in [-0.15, -0.1) is 0 Å². The molecular formula is C58H41N3. The normalized spacial score (nSPS) is 13.0. The topological polar surface area (TPSA) is 30.7 Å². The van der Waals surface area contributed by atoms with Gasteiger partial charge in [0.2, 0.25) is 0 Å². The highest BCUT2D eigenvalue weighted by Crippen LogP contribution is 2.41. The molecule has 0 fully saturated rings. The van der Waals surface area contributed by atoms with Crippen LogP contribution in [0.25, 0.3) is 110 Å². The van der Waals surface area contributed by atoms with Crippen LogP contribution in [0.2, 0.25) is 0 Å². The average Bonchev–Trinajstić information content (AvgIpc) is 3.67. The second-order valence-corrected chi connectivity index (χ2v) is 15.7. The Balaban J connectivity index is 1.02. The standard InChI is InChI=1S/C58H41N3/c1-3-16-38(4-2)58-59-54(39-17-7-5-8-18-39)37-55(60-58)44-20-15-19-40(33-44)41-27-30-48-49-31-28-42(35-52(49)47-24-12-11-23-46(47)51(48)34-41)43-29-32-57-53(36-43)50-25-13-14-26-56(50)61(57)45-21-9-6-10-22-45/h3-9,11-21,23-37H,1-2,10,22H2/b38-16+. The van der Waals surface area contributed by atoms with Gasteiger partial charge in [0.1, 0.15) is 0 Å². The lowest BCUT2D eigenvalue weighted by Crippen LogP contribution is -1.98. The van der Waals surface area contributed by atoms with Crippen LogP contribution in [0, 0.1) is 0 Å². The molecule has 0 N–H and O–H groups in total. The fraction of sp³-hybridized carbons (Fsp3) is 0.0345. The Kier molecular flexibility index (Phi) is 8.94. The third-order valence-electron chi connectivity index (χ3n) is 12.2. The molecule has 2 aromatic heterocycles. The first-order chi connectivity index (χ1) is 30.1. The molecule has 0 unspecified atom stereocenters. The predicted molar refractivity (Wildman–Crippen MR) is 260 cm³/mol. The number of benzene rings is 8. The first kappa shape index (κ1) is 36.2. The molecule has 2 heterocycles. The van der Waals surface area contributed by atoms with Crippen LogP contribution in [0.5, 0.6) is 0 Å². The van der Waals surface area contributed by atoms with Gasteiger partial charge in [-0.2, -0.15) is 0 Å². The smallest absolute Gasteiger partial charge is 0.160 e. The molecular weight excluding hydrogens is 739 g/mol. The maximum absolute atomic E-state index is 5.05. The zero-order valence-corrected chi connectivity index (χ0v) is 33.7. The first-order valence-corrected chi connectivity index (χ1v) is 20.9. The molecule has 11 rings (SSSR count). The molecule has 61 heavy (non-hydrogen) atoms. The number of para-hydroxylation sites is 1. The van der Waals surface area contributed by atoms with Gasteiger partial charge in [-0.25, -0.2) is 9.97 Å². The van der Waals surface area contributed by atoms with E-state index in [4.69, 9.17) is 9.97 Å². The SMILES string of the molecule is C=C/C=C(\C=C)c1nc(-c2ccccc2)cc(-c2cccc(-c3ccc4c5ccc(-c6ccc7c(c6)c6ccccc6n7C6=CC=CCC6)cc5c5ccccc5c4c3)c2)n1. The predicted octanol–water partition coefficient (Wildman–Crippen LogP) is 15.7. The van der Waals surface area contributed by atoms with Crippen LogP contribution in [-0.4, -0.2) is 14.5 Å². The summed E-state index contributed by atoms with van der Waals surface area (Å²) in [6.07, 6.45) is 14.2. The second-order valence-electron chi connectivity index (χ2n) is 15.7. The van der Waals surface area contributed by atoms with Crippen LogP contribution in [-0.2, 0) is 0 Å². The highest BCUT2D eigenvalue weighted by molar-refractivity contribution is 6.26. The van der Waals surface area contributed by atoms with Crippen molar-refractivity contribution >= 4 is 65.4 Å². The Labute approximate surface area is 355 Å². The molecule has 10 aromatic rings. The summed E-state index contributed by atoms with van der Waals surface area (Å²) in [5.74, 6) is 0.613. The molecule has 0 atom stereocenters. The quantitative estimate of drug-likeness (QED) is 0.114. The summed E-state index contributed by atoms with van der Waals surface area (Å²) in [6.45, 7) is 7.93. The van der Waals surface area contributed by atoms with Gasteiger partial charge in [0, 0.05) is 33.2 Å². The van der Waals surface area contributed by atoms with E-state index in [1.165, 1.54) is 70.9 Å². The summed E-state index contributed by atoms with van der Waals surface area (Å²) in [5.41, 5.74) is 13.1. The minimum absolute atomic E-state index is 0.613. The Morgan fingerprint density at radius 2 is 1.03 bits per heavy atom. The van der Waals surface area contributed by atoms with E-state index in [9.17, 15) is 0 Å². The number of hydrogen-bond acceptors (Lipinski definition) is 2. The average molecular weight is 780 g/mol. The summed E-state index contributed by atoms with van der Waals surface area (Å²) in [6, 6.07) is 59.6. The molecule has 0 amide bonds. The van der Waals surface area contributed by atoms with Gasteiger partial charge in [-0.05, 0) is 116 Å². The lowest BCUT2D eigenvalue weighted by molar-refractivity contribution is 0.979. The Morgan fingerprint density at radius 3 is 1.70 bits per heavy atom. The summed E-state index contributed by atoms with van der Waals surface area (Å²) in [4.78, 5) is 10.00. The van der Waals surface area contributed by atoms with Gasteiger partial charge in [-0.1, -0.05) is 165 Å². The maximum Gasteiger partial charge on any atom is 0.160 e. The van der Waals surface area contributed by atoms with Crippen LogP contribution >= 0.6 is 0 Å². The number of aromatic nitrogens is 3. The van der Waals surface area contributed by atoms with Crippen molar-refractivity contribution < 1.29 is 0 Å². The number of hydrogen-bond donors (Lipinski definition) is 0. The van der Waals surface area contributed by atoms with E-state index in [-0.39, 0.29) is 0 Å². The molecule has 1 aliphatic carbocycles. The van der Waals surface area contributed by atoms with Crippen molar-refractivity contribution in [1.29, 1.82) is 0 Å². The fourth-order valence-electron chi connectivity index (χ4n) is 9.25. The zero-order valence-electron chi connectivity index (χ0n) is 33.7. The van der Waals surface area contributed by atoms with Crippen molar-refractivity contribution in [1.82, 2.24) is 14.5 Å². The Bertz CT molecular complexity index is 3480. The second kappa shape index (κ2) is 15.1. The first-order valence-electron chi connectivity index (χ1n) is 20.9. The monoisotopic (exact) mass is 779 g/mol. The van der Waals surface area contributed by atoms with Crippen LogP contribution in [0.3, 0.4) is 0 Å². The van der Waals surface area contributed by atoms with Gasteiger partial charge >= 0.3 is 0 Å². The number of allylic oxidation sites excluding steroid dienone is 8. The minimum atomic E-state index is 0.613. The molecule has 0 aliphatic heterocycles. The summed E-state index contributed by atoms with van der Waals surface area (Å²) in [5, 5.41) is 10.1. The van der Waals surface area contributed by atoms with Crippen LogP contribution in [0.4, 0.5) is 0 Å². The maximum atomic E-state index is 5.05. The van der Waals surface area contributed by atoms with E-state index in [0.717, 1.165) is 52.1 Å². The van der Waals surface area contributed by atoms with E-state index < -0.39 is 0 Å². The van der Waals surface area contributed by atoms with Crippen LogP contribution in [0.15, 0.2) is 213 Å². The van der Waals surface area contributed by atoms with Crippen molar-refractivity contribution in [3.05, 3.63) is 219 Å². The Hall–Kier alpha value is -7.88. The lowest BCUT2D eigenvalue weighted by atomic mass is 9.90. The molecule has 0 saturated carbocycles. The highest BCUT2D eigenvalue weighted by atomic mass is 15.0. The highest BCUT2D eigenvalue weighted by Gasteiger charge is 2.17. The number of nitrogens with zero attached hydrogens (tertiary/aromatic N) is 3. The van der Waals surface area contributed by atoms with Crippen molar-refractivity contribution in [2.75, 3.05) is 0 Å². The third kappa shape index (κ3) is 6.30. The number of rotatable bonds is 8. The van der Waals surface area contributed by atoms with E-state index in [2.05, 4.69) is 182 Å². The van der Waals surface area contributed by atoms with Crippen LogP contribution < -0.4 is 0 Å². The van der Waals surface area contributed by atoms with Gasteiger partial charge in [0.15, 0.2) is 5.82 Å². The van der Waals surface area contributed by atoms with E-state index >= 15 is 0 Å². The largest absolute Gasteiger partial charge is 0.313 e. The molecule has 8 aromatic carbocycles. The minimum Gasteiger partial charge on any atom is -0.313 e. The van der Waals surface area contributed by atoms with Gasteiger partial charge in [0.05, 0.1) is 22.4 Å². The molecule has 0 bridgehead atoms. The van der Waals surface area contributed by atoms with Gasteiger partial charge < -0.3 is 4.57 Å². The summed E-state index contributed by atoms with van der Waals surface area (Å²) >= 11 is 0. The van der Waals surface area contributed by atoms with Gasteiger partial charge in [-0.3, -0.25) is 0 Å². The molecule has 288 valence electrons. The summed E-state index contributed by atoms with van der Waals surface area (Å²) in [7, 11) is 0. The molecule has 0 spiro atoms. The fourth-order valence-corrected chi connectivity index (χ4v) is 9.25. The third-order valence-corrected chi connectivity index (χ3v) is 12.2. The molecule has 3 heteroatoms. The van der Waals surface area contributed by atoms with Crippen molar-refractivity contribution in [3.63, 3.8) is 0 Å². The van der Waals surface area contributed by atoms with E-state index in [0.29, 0.717) is 5.82 Å². The van der Waals surface area contributed by atoms with Crippen molar-refractivity contribution in [2.45, 2.75) is 12.8 Å². The lowest BCUT2D eigenvalue weighted by Gasteiger charge is -2.15. The molecule has 0 saturated heterocycles. The zero-order chi connectivity index (χ0) is 40.9. The van der Waals surface area contributed by atoms with Gasteiger partial charge in [0.25, 0.3) is 0 Å². The Morgan fingerprint density at radius 1 is 0.475 bits per heavy atom. The molecule has 3 nitrogen and oxygen atoms in total. The van der Waals surface area contributed by atoms with Crippen molar-refractivity contribution in [3.8, 4) is 44.8 Å². The molecule has 1 aliphatic rings. The van der Waals surface area contributed by atoms with E-state index in [1.807, 2.05) is 24.3 Å². The molecule has 0 radical (unpaired) electrons. The van der Waals surface area contributed by atoms with Crippen molar-refractivity contribution in [2.24, 2.45) is 0 Å². The van der Waals surface area contributed by atoms with E-state index in [1.54, 1.807) is 12.2 Å². The number of fused-ring (bicyclic) bond motifs is 9.